The molecule has 28 heavy (non-hydrogen) atoms. The van der Waals surface area contributed by atoms with Gasteiger partial charge in [-0.25, -0.2) is 10.2 Å². The van der Waals surface area contributed by atoms with Gasteiger partial charge in [0.1, 0.15) is 0 Å². The minimum absolute atomic E-state index is 0.405. The molecule has 2 aromatic carbocycles. The quantitative estimate of drug-likeness (QED) is 0.407. The van der Waals surface area contributed by atoms with Crippen molar-refractivity contribution in [2.24, 2.45) is 5.10 Å². The van der Waals surface area contributed by atoms with Crippen LogP contribution in [0.4, 0.5) is 10.5 Å². The van der Waals surface area contributed by atoms with Crippen LogP contribution in [0.2, 0.25) is 10.0 Å². The van der Waals surface area contributed by atoms with E-state index in [4.69, 9.17) is 23.2 Å². The summed E-state index contributed by atoms with van der Waals surface area (Å²) < 4.78 is 2.00. The zero-order chi connectivity index (χ0) is 20.3. The SMILES string of the molecule is Cc1ccccc1NC(=O)NN=Cc1cc(C)n(-c2cccc(Cl)c2Cl)c1C. The summed E-state index contributed by atoms with van der Waals surface area (Å²) in [6, 6.07) is 14.6. The van der Waals surface area contributed by atoms with Gasteiger partial charge >= 0.3 is 6.03 Å². The van der Waals surface area contributed by atoms with Crippen LogP contribution < -0.4 is 10.7 Å². The molecular formula is C21H20Cl2N4O. The number of rotatable bonds is 4. The molecule has 0 aliphatic rings. The van der Waals surface area contributed by atoms with Gasteiger partial charge < -0.3 is 9.88 Å². The van der Waals surface area contributed by atoms with E-state index in [1.165, 1.54) is 0 Å². The molecule has 1 aromatic heterocycles. The van der Waals surface area contributed by atoms with Crippen LogP contribution >= 0.6 is 23.2 Å². The molecule has 0 aliphatic heterocycles. The highest BCUT2D eigenvalue weighted by Crippen LogP contribution is 2.31. The van der Waals surface area contributed by atoms with Gasteiger partial charge in [0.05, 0.1) is 21.9 Å². The largest absolute Gasteiger partial charge is 0.339 e. The Balaban J connectivity index is 1.76. The van der Waals surface area contributed by atoms with Gasteiger partial charge in [-0.3, -0.25) is 0 Å². The topological polar surface area (TPSA) is 58.4 Å². The number of aryl methyl sites for hydroxylation is 2. The summed E-state index contributed by atoms with van der Waals surface area (Å²) in [7, 11) is 0. The van der Waals surface area contributed by atoms with E-state index in [-0.39, 0.29) is 0 Å². The van der Waals surface area contributed by atoms with Crippen LogP contribution in [-0.2, 0) is 0 Å². The molecule has 0 saturated heterocycles. The molecule has 144 valence electrons. The summed E-state index contributed by atoms with van der Waals surface area (Å²) in [4.78, 5) is 12.0. The number of carbonyl (C=O) groups is 1. The molecular weight excluding hydrogens is 395 g/mol. The van der Waals surface area contributed by atoms with E-state index in [2.05, 4.69) is 15.8 Å². The summed E-state index contributed by atoms with van der Waals surface area (Å²) in [6.45, 7) is 5.85. The number of hydrogen-bond donors (Lipinski definition) is 2. The number of benzene rings is 2. The Bertz CT molecular complexity index is 1060. The lowest BCUT2D eigenvalue weighted by atomic mass is 10.2. The maximum atomic E-state index is 12.0. The molecule has 1 heterocycles. The molecule has 0 radical (unpaired) electrons. The average molecular weight is 415 g/mol. The molecule has 3 aromatic rings. The minimum Gasteiger partial charge on any atom is -0.316 e. The lowest BCUT2D eigenvalue weighted by Crippen LogP contribution is -2.24. The van der Waals surface area contributed by atoms with Gasteiger partial charge in [-0.2, -0.15) is 5.10 Å². The number of amides is 2. The minimum atomic E-state index is -0.405. The highest BCUT2D eigenvalue weighted by molar-refractivity contribution is 6.43. The first-order valence-electron chi connectivity index (χ1n) is 8.67. The monoisotopic (exact) mass is 414 g/mol. The van der Waals surface area contributed by atoms with Crippen LogP contribution in [0.1, 0.15) is 22.5 Å². The number of anilines is 1. The predicted molar refractivity (Wildman–Crippen MR) is 116 cm³/mol. The lowest BCUT2D eigenvalue weighted by Gasteiger charge is -2.12. The van der Waals surface area contributed by atoms with Gasteiger partial charge in [0, 0.05) is 22.6 Å². The fourth-order valence-electron chi connectivity index (χ4n) is 2.98. The van der Waals surface area contributed by atoms with E-state index >= 15 is 0 Å². The van der Waals surface area contributed by atoms with Gasteiger partial charge in [0.25, 0.3) is 0 Å². The maximum Gasteiger partial charge on any atom is 0.339 e. The molecule has 0 unspecified atom stereocenters. The van der Waals surface area contributed by atoms with Crippen LogP contribution in [-0.4, -0.2) is 16.8 Å². The number of nitrogens with zero attached hydrogens (tertiary/aromatic N) is 2. The van der Waals surface area contributed by atoms with Crippen molar-refractivity contribution >= 4 is 41.1 Å². The first-order valence-corrected chi connectivity index (χ1v) is 9.43. The van der Waals surface area contributed by atoms with Gasteiger partial charge in [-0.1, -0.05) is 47.5 Å². The third-order valence-electron chi connectivity index (χ3n) is 4.41. The number of nitrogens with one attached hydrogen (secondary N) is 2. The number of urea groups is 1. The summed E-state index contributed by atoms with van der Waals surface area (Å²) in [5, 5.41) is 7.81. The maximum absolute atomic E-state index is 12.0. The Morgan fingerprint density at radius 1 is 1.07 bits per heavy atom. The van der Waals surface area contributed by atoms with Crippen LogP contribution in [0.5, 0.6) is 0 Å². The van der Waals surface area contributed by atoms with Crippen LogP contribution in [0, 0.1) is 20.8 Å². The van der Waals surface area contributed by atoms with Crippen LogP contribution in [0.15, 0.2) is 53.6 Å². The highest BCUT2D eigenvalue weighted by atomic mass is 35.5. The van der Waals surface area contributed by atoms with Crippen molar-refractivity contribution in [2.45, 2.75) is 20.8 Å². The molecule has 0 spiro atoms. The molecule has 3 rings (SSSR count). The summed E-state index contributed by atoms with van der Waals surface area (Å²) in [5.41, 5.74) is 7.78. The van der Waals surface area contributed by atoms with E-state index < -0.39 is 6.03 Å². The fraction of sp³-hybridized carbons (Fsp3) is 0.143. The number of hydrazone groups is 1. The molecule has 0 fully saturated rings. The third-order valence-corrected chi connectivity index (χ3v) is 5.21. The number of para-hydroxylation sites is 1. The smallest absolute Gasteiger partial charge is 0.316 e. The second-order valence-electron chi connectivity index (χ2n) is 6.37. The number of hydrogen-bond acceptors (Lipinski definition) is 2. The first-order chi connectivity index (χ1) is 13.4. The Morgan fingerprint density at radius 3 is 2.57 bits per heavy atom. The van der Waals surface area contributed by atoms with Crippen molar-refractivity contribution in [3.05, 3.63) is 81.1 Å². The zero-order valence-corrected chi connectivity index (χ0v) is 17.3. The Labute approximate surface area is 174 Å². The van der Waals surface area contributed by atoms with Crippen molar-refractivity contribution in [1.82, 2.24) is 9.99 Å². The van der Waals surface area contributed by atoms with Gasteiger partial charge in [0.15, 0.2) is 0 Å². The van der Waals surface area contributed by atoms with Crippen molar-refractivity contribution in [1.29, 1.82) is 0 Å². The fourth-order valence-corrected chi connectivity index (χ4v) is 3.36. The summed E-state index contributed by atoms with van der Waals surface area (Å²) in [6.07, 6.45) is 1.61. The van der Waals surface area contributed by atoms with Crippen LogP contribution in [0.3, 0.4) is 0 Å². The van der Waals surface area contributed by atoms with Crippen molar-refractivity contribution in [3.8, 4) is 5.69 Å². The van der Waals surface area contributed by atoms with E-state index in [0.29, 0.717) is 10.0 Å². The van der Waals surface area contributed by atoms with Gasteiger partial charge in [-0.15, -0.1) is 0 Å². The second-order valence-corrected chi connectivity index (χ2v) is 7.16. The van der Waals surface area contributed by atoms with Gasteiger partial charge in [-0.05, 0) is 50.6 Å². The predicted octanol–water partition coefficient (Wildman–Crippen LogP) is 5.86. The normalized spacial score (nSPS) is 11.0. The summed E-state index contributed by atoms with van der Waals surface area (Å²) >= 11 is 12.5. The Kier molecular flexibility index (Phi) is 6.07. The van der Waals surface area contributed by atoms with E-state index in [0.717, 1.165) is 33.9 Å². The molecule has 0 bridgehead atoms. The van der Waals surface area contributed by atoms with Crippen LogP contribution in [0.25, 0.3) is 5.69 Å². The van der Waals surface area contributed by atoms with Crippen molar-refractivity contribution < 1.29 is 4.79 Å². The molecule has 0 atom stereocenters. The van der Waals surface area contributed by atoms with Gasteiger partial charge in [0.2, 0.25) is 0 Å². The number of carbonyl (C=O) groups excluding carboxylic acids is 1. The zero-order valence-electron chi connectivity index (χ0n) is 15.8. The molecule has 0 saturated carbocycles. The van der Waals surface area contributed by atoms with Crippen molar-refractivity contribution in [2.75, 3.05) is 5.32 Å². The molecule has 2 amide bonds. The van der Waals surface area contributed by atoms with E-state index in [1.54, 1.807) is 12.3 Å². The molecule has 7 heteroatoms. The summed E-state index contributed by atoms with van der Waals surface area (Å²) in [5.74, 6) is 0. The molecule has 5 nitrogen and oxygen atoms in total. The molecule has 2 N–H and O–H groups in total. The van der Waals surface area contributed by atoms with Crippen molar-refractivity contribution in [3.63, 3.8) is 0 Å². The Morgan fingerprint density at radius 2 is 1.82 bits per heavy atom. The van der Waals surface area contributed by atoms with E-state index in [1.807, 2.05) is 67.8 Å². The highest BCUT2D eigenvalue weighted by Gasteiger charge is 2.13. The molecule has 0 aliphatic carbocycles. The standard InChI is InChI=1S/C21H20Cl2N4O/c1-13-7-4-5-9-18(13)25-21(28)26-24-12-16-11-14(2)27(15(16)3)19-10-6-8-17(22)20(19)23/h4-12H,1-3H3,(H2,25,26,28). The third kappa shape index (κ3) is 4.21. The Hall–Kier alpha value is -2.76. The lowest BCUT2D eigenvalue weighted by molar-refractivity contribution is 0.252. The number of aromatic nitrogens is 1. The number of halogens is 2. The average Bonchev–Trinajstić information content (AvgIpc) is 2.93. The van der Waals surface area contributed by atoms with E-state index in [9.17, 15) is 4.79 Å². The second kappa shape index (κ2) is 8.50. The first kappa shape index (κ1) is 20.0.